The zero-order valence-corrected chi connectivity index (χ0v) is 10.5. The van der Waals surface area contributed by atoms with E-state index in [1.165, 1.54) is 0 Å². The minimum absolute atomic E-state index is 0.252. The first-order valence-electron chi connectivity index (χ1n) is 4.79. The van der Waals surface area contributed by atoms with Gasteiger partial charge in [-0.15, -0.1) is 0 Å². The van der Waals surface area contributed by atoms with Gasteiger partial charge in [0.2, 0.25) is 5.91 Å². The highest BCUT2D eigenvalue weighted by molar-refractivity contribution is 9.10. The van der Waals surface area contributed by atoms with E-state index in [0.717, 1.165) is 4.47 Å². The highest BCUT2D eigenvalue weighted by Crippen LogP contribution is 2.16. The molecule has 0 spiro atoms. The standard InChI is InChI=1S/C9H11BrN6O/c10-7-3-6(4-13-5-7)8(9(11)17)14-1-2-15-16-12/h3-5,8,14H,1-2H2,(H2,11,17). The number of carbonyl (C=O) groups is 1. The molecule has 1 unspecified atom stereocenters. The fraction of sp³-hybridized carbons (Fsp3) is 0.333. The maximum atomic E-state index is 11.3. The van der Waals surface area contributed by atoms with Crippen molar-refractivity contribution in [2.75, 3.05) is 13.1 Å². The first-order chi connectivity index (χ1) is 8.15. The van der Waals surface area contributed by atoms with E-state index in [1.54, 1.807) is 18.5 Å². The van der Waals surface area contributed by atoms with Crippen molar-refractivity contribution in [3.8, 4) is 0 Å². The monoisotopic (exact) mass is 298 g/mol. The lowest BCUT2D eigenvalue weighted by Gasteiger charge is -2.14. The van der Waals surface area contributed by atoms with Crippen LogP contribution < -0.4 is 11.1 Å². The van der Waals surface area contributed by atoms with Crippen LogP contribution in [0.2, 0.25) is 0 Å². The van der Waals surface area contributed by atoms with Gasteiger partial charge >= 0.3 is 0 Å². The van der Waals surface area contributed by atoms with E-state index in [1.807, 2.05) is 0 Å². The van der Waals surface area contributed by atoms with Crippen LogP contribution in [0.15, 0.2) is 28.0 Å². The second kappa shape index (κ2) is 6.85. The number of azide groups is 1. The van der Waals surface area contributed by atoms with E-state index in [-0.39, 0.29) is 6.54 Å². The van der Waals surface area contributed by atoms with Gasteiger partial charge in [-0.2, -0.15) is 0 Å². The summed E-state index contributed by atoms with van der Waals surface area (Å²) >= 11 is 3.26. The highest BCUT2D eigenvalue weighted by atomic mass is 79.9. The fourth-order valence-electron chi connectivity index (χ4n) is 1.27. The predicted octanol–water partition coefficient (Wildman–Crippen LogP) is 1.27. The maximum absolute atomic E-state index is 11.3. The quantitative estimate of drug-likeness (QED) is 0.356. The maximum Gasteiger partial charge on any atom is 0.239 e. The van der Waals surface area contributed by atoms with Gasteiger partial charge in [-0.05, 0) is 33.1 Å². The molecule has 0 bridgehead atoms. The lowest BCUT2D eigenvalue weighted by atomic mass is 10.1. The Morgan fingerprint density at radius 1 is 1.71 bits per heavy atom. The predicted molar refractivity (Wildman–Crippen MR) is 65.9 cm³/mol. The van der Waals surface area contributed by atoms with Crippen LogP contribution in [0.3, 0.4) is 0 Å². The summed E-state index contributed by atoms with van der Waals surface area (Å²) in [6.45, 7) is 0.617. The molecule has 0 aliphatic carbocycles. The molecule has 1 atom stereocenters. The van der Waals surface area contributed by atoms with E-state index < -0.39 is 11.9 Å². The van der Waals surface area contributed by atoms with Crippen LogP contribution in [0.5, 0.6) is 0 Å². The summed E-state index contributed by atoms with van der Waals surface area (Å²) in [4.78, 5) is 17.9. The van der Waals surface area contributed by atoms with Crippen molar-refractivity contribution in [2.45, 2.75) is 6.04 Å². The molecule has 0 aliphatic rings. The van der Waals surface area contributed by atoms with E-state index in [0.29, 0.717) is 12.1 Å². The van der Waals surface area contributed by atoms with Crippen LogP contribution in [-0.2, 0) is 4.79 Å². The third-order valence-electron chi connectivity index (χ3n) is 1.97. The molecule has 1 heterocycles. The molecule has 0 radical (unpaired) electrons. The molecule has 0 saturated carbocycles. The van der Waals surface area contributed by atoms with Crippen molar-refractivity contribution < 1.29 is 4.79 Å². The molecular weight excluding hydrogens is 288 g/mol. The molecule has 7 nitrogen and oxygen atoms in total. The molecule has 0 aliphatic heterocycles. The molecule has 0 saturated heterocycles. The molecule has 0 aromatic carbocycles. The highest BCUT2D eigenvalue weighted by Gasteiger charge is 2.17. The summed E-state index contributed by atoms with van der Waals surface area (Å²) in [6, 6.07) is 1.11. The summed E-state index contributed by atoms with van der Waals surface area (Å²) in [6.07, 6.45) is 3.17. The average molecular weight is 299 g/mol. The Kier molecular flexibility index (Phi) is 5.41. The summed E-state index contributed by atoms with van der Waals surface area (Å²) in [7, 11) is 0. The largest absolute Gasteiger partial charge is 0.368 e. The Morgan fingerprint density at radius 3 is 3.06 bits per heavy atom. The fourth-order valence-corrected chi connectivity index (χ4v) is 1.66. The topological polar surface area (TPSA) is 117 Å². The van der Waals surface area contributed by atoms with Crippen molar-refractivity contribution >= 4 is 21.8 Å². The Morgan fingerprint density at radius 2 is 2.47 bits per heavy atom. The third-order valence-corrected chi connectivity index (χ3v) is 2.40. The smallest absolute Gasteiger partial charge is 0.239 e. The van der Waals surface area contributed by atoms with Crippen LogP contribution >= 0.6 is 15.9 Å². The first-order valence-corrected chi connectivity index (χ1v) is 5.58. The minimum Gasteiger partial charge on any atom is -0.368 e. The van der Waals surface area contributed by atoms with E-state index >= 15 is 0 Å². The van der Waals surface area contributed by atoms with Gasteiger partial charge in [0, 0.05) is 34.9 Å². The zero-order valence-electron chi connectivity index (χ0n) is 8.88. The average Bonchev–Trinajstić information content (AvgIpc) is 2.28. The van der Waals surface area contributed by atoms with Crippen LogP contribution in [0.1, 0.15) is 11.6 Å². The Balaban J connectivity index is 2.72. The number of nitrogens with one attached hydrogen (secondary N) is 1. The number of carbonyl (C=O) groups excluding carboxylic acids is 1. The molecule has 1 aromatic heterocycles. The number of nitrogens with zero attached hydrogens (tertiary/aromatic N) is 4. The van der Waals surface area contributed by atoms with Crippen LogP contribution in [0, 0.1) is 0 Å². The zero-order chi connectivity index (χ0) is 12.7. The second-order valence-electron chi connectivity index (χ2n) is 3.18. The minimum atomic E-state index is -0.645. The normalized spacial score (nSPS) is 11.6. The van der Waals surface area contributed by atoms with Gasteiger partial charge in [0.15, 0.2) is 0 Å². The van der Waals surface area contributed by atoms with Gasteiger partial charge in [0.25, 0.3) is 0 Å². The number of hydrogen-bond acceptors (Lipinski definition) is 4. The molecule has 1 aromatic rings. The lowest BCUT2D eigenvalue weighted by molar-refractivity contribution is -0.120. The molecule has 90 valence electrons. The van der Waals surface area contributed by atoms with Crippen LogP contribution in [0.25, 0.3) is 10.4 Å². The van der Waals surface area contributed by atoms with Crippen molar-refractivity contribution in [2.24, 2.45) is 10.8 Å². The molecule has 0 fully saturated rings. The molecule has 1 rings (SSSR count). The van der Waals surface area contributed by atoms with Gasteiger partial charge in [-0.3, -0.25) is 9.78 Å². The molecule has 1 amide bonds. The van der Waals surface area contributed by atoms with Crippen LogP contribution in [-0.4, -0.2) is 24.0 Å². The van der Waals surface area contributed by atoms with Crippen molar-refractivity contribution in [1.29, 1.82) is 0 Å². The number of pyridine rings is 1. The van der Waals surface area contributed by atoms with Gasteiger partial charge < -0.3 is 11.1 Å². The summed E-state index contributed by atoms with van der Waals surface area (Å²) in [5, 5.41) is 6.25. The Bertz CT molecular complexity index is 445. The number of rotatable bonds is 6. The Hall–Kier alpha value is -1.63. The molecule has 17 heavy (non-hydrogen) atoms. The number of primary amides is 1. The van der Waals surface area contributed by atoms with E-state index in [4.69, 9.17) is 11.3 Å². The van der Waals surface area contributed by atoms with Crippen molar-refractivity contribution in [3.05, 3.63) is 38.9 Å². The molecular formula is C9H11BrN6O. The van der Waals surface area contributed by atoms with Gasteiger partial charge in [-0.25, -0.2) is 0 Å². The van der Waals surface area contributed by atoms with E-state index in [9.17, 15) is 4.79 Å². The number of amides is 1. The van der Waals surface area contributed by atoms with Gasteiger partial charge in [0.1, 0.15) is 6.04 Å². The number of halogens is 1. The third kappa shape index (κ3) is 4.39. The van der Waals surface area contributed by atoms with E-state index in [2.05, 4.69) is 36.3 Å². The lowest BCUT2D eigenvalue weighted by Crippen LogP contribution is -2.35. The SMILES string of the molecule is [N-]=[N+]=NCCNC(C(N)=O)c1cncc(Br)c1. The number of nitrogens with two attached hydrogens (primary N) is 1. The number of aromatic nitrogens is 1. The second-order valence-corrected chi connectivity index (χ2v) is 4.10. The summed E-state index contributed by atoms with van der Waals surface area (Å²) in [5.74, 6) is -0.508. The molecule has 8 heteroatoms. The van der Waals surface area contributed by atoms with Crippen molar-refractivity contribution in [1.82, 2.24) is 10.3 Å². The van der Waals surface area contributed by atoms with Crippen molar-refractivity contribution in [3.63, 3.8) is 0 Å². The molecule has 3 N–H and O–H groups in total. The van der Waals surface area contributed by atoms with Gasteiger partial charge in [0.05, 0.1) is 0 Å². The number of hydrogen-bond donors (Lipinski definition) is 2. The van der Waals surface area contributed by atoms with Gasteiger partial charge in [-0.1, -0.05) is 5.11 Å². The van der Waals surface area contributed by atoms with Crippen LogP contribution in [0.4, 0.5) is 0 Å². The summed E-state index contributed by atoms with van der Waals surface area (Å²) in [5.41, 5.74) is 14.1. The Labute approximate surface area is 106 Å². The summed E-state index contributed by atoms with van der Waals surface area (Å²) < 4.78 is 0.762. The first kappa shape index (κ1) is 13.4.